The molecule has 21 heavy (non-hydrogen) atoms. The largest absolute Gasteiger partial charge is 0.486 e. The van der Waals surface area contributed by atoms with Gasteiger partial charge in [-0.05, 0) is 35.4 Å². The third-order valence-electron chi connectivity index (χ3n) is 3.24. The monoisotopic (exact) mass is 355 g/mol. The van der Waals surface area contributed by atoms with Gasteiger partial charge in [0.05, 0.1) is 6.04 Å². The molecule has 0 saturated heterocycles. The normalized spacial score (nSPS) is 14.9. The molecule has 2 N–H and O–H groups in total. The van der Waals surface area contributed by atoms with Gasteiger partial charge in [-0.2, -0.15) is 0 Å². The molecular weight excluding hydrogens is 344 g/mol. The van der Waals surface area contributed by atoms with Gasteiger partial charge in [0.1, 0.15) is 24.8 Å². The van der Waals surface area contributed by atoms with Gasteiger partial charge < -0.3 is 15.2 Å². The van der Waals surface area contributed by atoms with E-state index >= 15 is 0 Å². The predicted octanol–water partition coefficient (Wildman–Crippen LogP) is 3.55. The van der Waals surface area contributed by atoms with Gasteiger partial charge in [-0.25, -0.2) is 8.78 Å². The second-order valence-corrected chi connectivity index (χ2v) is 5.55. The Balaban J connectivity index is 2.02. The number of ether oxygens (including phenoxy) is 2. The first-order chi connectivity index (χ1) is 10.0. The van der Waals surface area contributed by atoms with Crippen LogP contribution in [-0.2, 0) is 0 Å². The van der Waals surface area contributed by atoms with Crippen molar-refractivity contribution < 1.29 is 18.3 Å². The van der Waals surface area contributed by atoms with Gasteiger partial charge in [-0.1, -0.05) is 15.9 Å². The van der Waals surface area contributed by atoms with Crippen LogP contribution in [0.5, 0.6) is 11.5 Å². The van der Waals surface area contributed by atoms with E-state index in [1.54, 1.807) is 12.1 Å². The van der Waals surface area contributed by atoms with Gasteiger partial charge in [-0.3, -0.25) is 0 Å². The second kappa shape index (κ2) is 5.61. The predicted molar refractivity (Wildman–Crippen MR) is 77.5 cm³/mol. The average molecular weight is 356 g/mol. The maximum absolute atomic E-state index is 13.3. The van der Waals surface area contributed by atoms with E-state index in [9.17, 15) is 8.78 Å². The molecule has 0 aliphatic carbocycles. The van der Waals surface area contributed by atoms with E-state index in [0.29, 0.717) is 40.3 Å². The maximum Gasteiger partial charge on any atom is 0.162 e. The van der Waals surface area contributed by atoms with Gasteiger partial charge in [0.15, 0.2) is 11.5 Å². The topological polar surface area (TPSA) is 44.5 Å². The zero-order chi connectivity index (χ0) is 15.0. The van der Waals surface area contributed by atoms with Crippen LogP contribution in [0.15, 0.2) is 34.8 Å². The summed E-state index contributed by atoms with van der Waals surface area (Å²) in [4.78, 5) is 0. The number of nitrogens with two attached hydrogens (primary N) is 1. The summed E-state index contributed by atoms with van der Waals surface area (Å²) in [5.41, 5.74) is 7.15. The van der Waals surface area contributed by atoms with E-state index in [1.807, 2.05) is 0 Å². The van der Waals surface area contributed by atoms with E-state index in [1.165, 1.54) is 12.1 Å². The molecule has 0 bridgehead atoms. The fourth-order valence-electron chi connectivity index (χ4n) is 2.25. The summed E-state index contributed by atoms with van der Waals surface area (Å²) >= 11 is 3.41. The molecule has 0 amide bonds. The Kier molecular flexibility index (Phi) is 3.82. The highest BCUT2D eigenvalue weighted by Gasteiger charge is 2.20. The first-order valence-electron chi connectivity index (χ1n) is 6.35. The van der Waals surface area contributed by atoms with Crippen LogP contribution in [0.2, 0.25) is 0 Å². The molecule has 1 atom stereocenters. The minimum Gasteiger partial charge on any atom is -0.486 e. The Hall–Kier alpha value is -1.66. The van der Waals surface area contributed by atoms with Crippen LogP contribution in [0.4, 0.5) is 8.78 Å². The Labute approximate surface area is 128 Å². The zero-order valence-electron chi connectivity index (χ0n) is 10.9. The quantitative estimate of drug-likeness (QED) is 0.895. The van der Waals surface area contributed by atoms with E-state index in [0.717, 1.165) is 6.07 Å². The van der Waals surface area contributed by atoms with Crippen molar-refractivity contribution in [3.63, 3.8) is 0 Å². The highest BCUT2D eigenvalue weighted by molar-refractivity contribution is 9.10. The van der Waals surface area contributed by atoms with Crippen molar-refractivity contribution in [3.8, 4) is 11.5 Å². The Morgan fingerprint density at radius 2 is 1.52 bits per heavy atom. The minimum atomic E-state index is -0.680. The Morgan fingerprint density at radius 3 is 2.14 bits per heavy atom. The first kappa shape index (κ1) is 14.3. The smallest absolute Gasteiger partial charge is 0.162 e. The fourth-order valence-corrected chi connectivity index (χ4v) is 2.82. The maximum atomic E-state index is 13.3. The van der Waals surface area contributed by atoms with E-state index < -0.39 is 17.7 Å². The minimum absolute atomic E-state index is 0.352. The number of halogens is 3. The van der Waals surface area contributed by atoms with Crippen LogP contribution in [-0.4, -0.2) is 13.2 Å². The van der Waals surface area contributed by atoms with Crippen molar-refractivity contribution in [2.45, 2.75) is 6.04 Å². The molecule has 1 heterocycles. The molecule has 1 aliphatic rings. The summed E-state index contributed by atoms with van der Waals surface area (Å²) in [6.07, 6.45) is 0. The van der Waals surface area contributed by atoms with Gasteiger partial charge in [0.25, 0.3) is 0 Å². The molecule has 0 fully saturated rings. The van der Waals surface area contributed by atoms with Crippen molar-refractivity contribution in [3.05, 3.63) is 57.6 Å². The van der Waals surface area contributed by atoms with Gasteiger partial charge >= 0.3 is 0 Å². The van der Waals surface area contributed by atoms with Crippen molar-refractivity contribution in [1.82, 2.24) is 0 Å². The molecular formula is C15H12BrF2NO2. The van der Waals surface area contributed by atoms with E-state index in [2.05, 4.69) is 15.9 Å². The third-order valence-corrected chi connectivity index (χ3v) is 3.93. The second-order valence-electron chi connectivity index (χ2n) is 4.70. The molecule has 1 aliphatic heterocycles. The van der Waals surface area contributed by atoms with Gasteiger partial charge in [-0.15, -0.1) is 0 Å². The van der Waals surface area contributed by atoms with E-state index in [-0.39, 0.29) is 0 Å². The lowest BCUT2D eigenvalue weighted by Crippen LogP contribution is -2.18. The molecule has 0 spiro atoms. The molecule has 110 valence electrons. The molecule has 2 aromatic carbocycles. The summed E-state index contributed by atoms with van der Waals surface area (Å²) in [5.74, 6) is -0.121. The SMILES string of the molecule is NC(c1cc(F)cc(F)c1)c1cc2c(cc1Br)OCCO2. The van der Waals surface area contributed by atoms with Crippen molar-refractivity contribution in [2.75, 3.05) is 13.2 Å². The zero-order valence-corrected chi connectivity index (χ0v) is 12.5. The first-order valence-corrected chi connectivity index (χ1v) is 7.14. The third kappa shape index (κ3) is 2.87. The highest BCUT2D eigenvalue weighted by Crippen LogP contribution is 2.38. The number of benzene rings is 2. The van der Waals surface area contributed by atoms with Crippen LogP contribution >= 0.6 is 15.9 Å². The van der Waals surface area contributed by atoms with Crippen LogP contribution in [0, 0.1) is 11.6 Å². The summed E-state index contributed by atoms with van der Waals surface area (Å²) < 4.78 is 38.3. The highest BCUT2D eigenvalue weighted by atomic mass is 79.9. The van der Waals surface area contributed by atoms with E-state index in [4.69, 9.17) is 15.2 Å². The molecule has 3 nitrogen and oxygen atoms in total. The van der Waals surface area contributed by atoms with Crippen molar-refractivity contribution in [2.24, 2.45) is 5.73 Å². The van der Waals surface area contributed by atoms with Gasteiger partial charge in [0, 0.05) is 10.5 Å². The lowest BCUT2D eigenvalue weighted by atomic mass is 9.99. The molecule has 0 radical (unpaired) electrons. The molecule has 0 saturated carbocycles. The fraction of sp³-hybridized carbons (Fsp3) is 0.200. The lowest BCUT2D eigenvalue weighted by Gasteiger charge is -2.22. The lowest BCUT2D eigenvalue weighted by molar-refractivity contribution is 0.171. The number of fused-ring (bicyclic) bond motifs is 1. The molecule has 0 aromatic heterocycles. The van der Waals surface area contributed by atoms with Crippen LogP contribution < -0.4 is 15.2 Å². The Bertz CT molecular complexity index is 673. The summed E-state index contributed by atoms with van der Waals surface area (Å²) in [5, 5.41) is 0. The molecule has 1 unspecified atom stereocenters. The number of rotatable bonds is 2. The summed E-state index contributed by atoms with van der Waals surface area (Å²) in [6, 6.07) is 6.05. The van der Waals surface area contributed by atoms with Gasteiger partial charge in [0.2, 0.25) is 0 Å². The van der Waals surface area contributed by atoms with Crippen molar-refractivity contribution in [1.29, 1.82) is 0 Å². The Morgan fingerprint density at radius 1 is 0.952 bits per heavy atom. The van der Waals surface area contributed by atoms with Crippen LogP contribution in [0.25, 0.3) is 0 Å². The summed E-state index contributed by atoms with van der Waals surface area (Å²) in [7, 11) is 0. The number of hydrogen-bond donors (Lipinski definition) is 1. The van der Waals surface area contributed by atoms with Crippen LogP contribution in [0.3, 0.4) is 0 Å². The molecule has 6 heteroatoms. The molecule has 3 rings (SSSR count). The van der Waals surface area contributed by atoms with Crippen molar-refractivity contribution >= 4 is 15.9 Å². The standard InChI is InChI=1S/C15H12BrF2NO2/c16-12-7-14-13(20-1-2-21-14)6-11(12)15(19)8-3-9(17)5-10(18)4-8/h3-7,15H,1-2,19H2. The summed E-state index contributed by atoms with van der Waals surface area (Å²) in [6.45, 7) is 0.942. The van der Waals surface area contributed by atoms with Crippen LogP contribution in [0.1, 0.15) is 17.2 Å². The molecule has 2 aromatic rings. The average Bonchev–Trinajstić information content (AvgIpc) is 2.44. The number of hydrogen-bond acceptors (Lipinski definition) is 3.